The summed E-state index contributed by atoms with van der Waals surface area (Å²) in [7, 11) is 0. The first-order chi connectivity index (χ1) is 10.1. The molecule has 0 aliphatic heterocycles. The number of carboxylic acid groups (broad SMARTS) is 1. The van der Waals surface area contributed by atoms with Crippen LogP contribution in [0.3, 0.4) is 0 Å². The number of nitrogens with one attached hydrogen (secondary N) is 1. The number of aromatic carboxylic acids is 1. The molecule has 0 aromatic heterocycles. The lowest BCUT2D eigenvalue weighted by atomic mass is 9.77. The number of halogens is 1. The number of amides is 1. The topological polar surface area (TPSA) is 66.4 Å². The van der Waals surface area contributed by atoms with Crippen molar-refractivity contribution in [2.75, 3.05) is 5.32 Å². The van der Waals surface area contributed by atoms with Crippen molar-refractivity contribution in [3.63, 3.8) is 0 Å². The molecule has 0 saturated carbocycles. The second kappa shape index (κ2) is 5.01. The predicted octanol–water partition coefficient (Wildman–Crippen LogP) is 2.80. The van der Waals surface area contributed by atoms with Gasteiger partial charge in [-0.2, -0.15) is 0 Å². The molecule has 0 spiro atoms. The van der Waals surface area contributed by atoms with Gasteiger partial charge in [0.2, 0.25) is 5.91 Å². The third-order valence-corrected chi connectivity index (χ3v) is 3.64. The van der Waals surface area contributed by atoms with Crippen LogP contribution in [0, 0.1) is 5.82 Å². The van der Waals surface area contributed by atoms with Gasteiger partial charge in [-0.15, -0.1) is 0 Å². The first-order valence-corrected chi connectivity index (χ1v) is 6.48. The molecule has 1 aliphatic rings. The zero-order chi connectivity index (χ0) is 15.0. The lowest BCUT2D eigenvalue weighted by Crippen LogP contribution is -2.30. The summed E-state index contributed by atoms with van der Waals surface area (Å²) in [5.74, 6) is -2.52. The van der Waals surface area contributed by atoms with Crippen LogP contribution in [0.4, 0.5) is 10.1 Å². The van der Waals surface area contributed by atoms with Crippen LogP contribution in [0.2, 0.25) is 0 Å². The van der Waals surface area contributed by atoms with Crippen LogP contribution in [-0.4, -0.2) is 17.0 Å². The fraction of sp³-hybridized carbons (Fsp3) is 0.125. The van der Waals surface area contributed by atoms with E-state index in [-0.39, 0.29) is 23.1 Å². The fourth-order valence-corrected chi connectivity index (χ4v) is 2.46. The molecule has 0 fully saturated rings. The van der Waals surface area contributed by atoms with Crippen molar-refractivity contribution in [3.05, 3.63) is 65.0 Å². The molecule has 21 heavy (non-hydrogen) atoms. The Bertz CT molecular complexity index is 742. The van der Waals surface area contributed by atoms with Gasteiger partial charge in [0.1, 0.15) is 5.82 Å². The molecule has 2 aromatic rings. The summed E-state index contributed by atoms with van der Waals surface area (Å²) in [6.07, 6.45) is 0.636. The summed E-state index contributed by atoms with van der Waals surface area (Å²) in [6.45, 7) is 0. The van der Waals surface area contributed by atoms with E-state index in [9.17, 15) is 14.0 Å². The summed E-state index contributed by atoms with van der Waals surface area (Å²) >= 11 is 0. The first-order valence-electron chi connectivity index (χ1n) is 6.48. The zero-order valence-electron chi connectivity index (χ0n) is 11.0. The van der Waals surface area contributed by atoms with Crippen LogP contribution < -0.4 is 5.32 Å². The van der Waals surface area contributed by atoms with Gasteiger partial charge >= 0.3 is 5.97 Å². The number of carbonyl (C=O) groups is 2. The highest BCUT2D eigenvalue weighted by Gasteiger charge is 2.32. The zero-order valence-corrected chi connectivity index (χ0v) is 11.0. The molecule has 3 rings (SSSR count). The molecule has 5 heteroatoms. The Morgan fingerprint density at radius 2 is 1.95 bits per heavy atom. The van der Waals surface area contributed by atoms with E-state index >= 15 is 0 Å². The van der Waals surface area contributed by atoms with E-state index in [1.165, 1.54) is 12.1 Å². The highest BCUT2D eigenvalue weighted by atomic mass is 19.1. The van der Waals surface area contributed by atoms with E-state index in [1.54, 1.807) is 0 Å². The number of hydrogen-bond donors (Lipinski definition) is 2. The molecule has 0 radical (unpaired) electrons. The van der Waals surface area contributed by atoms with Gasteiger partial charge in [0.15, 0.2) is 0 Å². The van der Waals surface area contributed by atoms with Crippen molar-refractivity contribution in [3.8, 4) is 0 Å². The number of hydrogen-bond acceptors (Lipinski definition) is 2. The van der Waals surface area contributed by atoms with E-state index < -0.39 is 11.8 Å². The normalized spacial score (nSPS) is 15.8. The Morgan fingerprint density at radius 3 is 2.62 bits per heavy atom. The molecule has 0 heterocycles. The minimum absolute atomic E-state index is 0.00520. The summed E-state index contributed by atoms with van der Waals surface area (Å²) in [5.41, 5.74) is 1.92. The summed E-state index contributed by atoms with van der Waals surface area (Å²) in [5, 5.41) is 11.3. The lowest BCUT2D eigenvalue weighted by molar-refractivity contribution is -0.118. The SMILES string of the molecule is O=C(O)c1ccc(NC(=O)C2Cc3ccccc32)c(F)c1. The average molecular weight is 285 g/mol. The van der Waals surface area contributed by atoms with Crippen molar-refractivity contribution in [1.29, 1.82) is 0 Å². The molecule has 1 aliphatic carbocycles. The number of benzene rings is 2. The molecule has 1 atom stereocenters. The minimum atomic E-state index is -1.21. The highest BCUT2D eigenvalue weighted by molar-refractivity contribution is 5.98. The van der Waals surface area contributed by atoms with E-state index in [0.29, 0.717) is 6.42 Å². The van der Waals surface area contributed by atoms with Crippen LogP contribution >= 0.6 is 0 Å². The molecule has 1 unspecified atom stereocenters. The van der Waals surface area contributed by atoms with Crippen molar-refractivity contribution in [2.45, 2.75) is 12.3 Å². The largest absolute Gasteiger partial charge is 0.478 e. The number of carbonyl (C=O) groups excluding carboxylic acids is 1. The van der Waals surface area contributed by atoms with Gasteiger partial charge in [-0.1, -0.05) is 24.3 Å². The molecule has 0 bridgehead atoms. The number of rotatable bonds is 3. The third kappa shape index (κ3) is 2.38. The van der Waals surface area contributed by atoms with Gasteiger partial charge in [-0.3, -0.25) is 4.79 Å². The second-order valence-electron chi connectivity index (χ2n) is 4.94. The van der Waals surface area contributed by atoms with Gasteiger partial charge in [0.25, 0.3) is 0 Å². The number of anilines is 1. The maximum atomic E-state index is 13.8. The predicted molar refractivity (Wildman–Crippen MR) is 74.9 cm³/mol. The fourth-order valence-electron chi connectivity index (χ4n) is 2.46. The smallest absolute Gasteiger partial charge is 0.335 e. The summed E-state index contributed by atoms with van der Waals surface area (Å²) in [6, 6.07) is 11.0. The van der Waals surface area contributed by atoms with Crippen LogP contribution in [0.1, 0.15) is 27.4 Å². The quantitative estimate of drug-likeness (QED) is 0.911. The molecule has 0 saturated heterocycles. The van der Waals surface area contributed by atoms with Crippen molar-refractivity contribution >= 4 is 17.6 Å². The van der Waals surface area contributed by atoms with E-state index in [2.05, 4.69) is 5.32 Å². The Hall–Kier alpha value is -2.69. The molecule has 4 nitrogen and oxygen atoms in total. The van der Waals surface area contributed by atoms with Crippen LogP contribution in [-0.2, 0) is 11.2 Å². The van der Waals surface area contributed by atoms with Crippen LogP contribution in [0.5, 0.6) is 0 Å². The van der Waals surface area contributed by atoms with E-state index in [1.807, 2.05) is 24.3 Å². The van der Waals surface area contributed by atoms with Gasteiger partial charge in [-0.05, 0) is 35.7 Å². The molecule has 1 amide bonds. The van der Waals surface area contributed by atoms with Gasteiger partial charge in [0, 0.05) is 0 Å². The summed E-state index contributed by atoms with van der Waals surface area (Å²) in [4.78, 5) is 22.9. The molecule has 2 aromatic carbocycles. The van der Waals surface area contributed by atoms with Gasteiger partial charge < -0.3 is 10.4 Å². The number of fused-ring (bicyclic) bond motifs is 1. The number of carboxylic acids is 1. The van der Waals surface area contributed by atoms with Crippen molar-refractivity contribution in [1.82, 2.24) is 0 Å². The second-order valence-corrected chi connectivity index (χ2v) is 4.94. The van der Waals surface area contributed by atoms with Crippen molar-refractivity contribution < 1.29 is 19.1 Å². The van der Waals surface area contributed by atoms with E-state index in [4.69, 9.17) is 5.11 Å². The first kappa shape index (κ1) is 13.3. The standard InChI is InChI=1S/C16H12FNO3/c17-13-8-10(16(20)21)5-6-14(13)18-15(19)12-7-9-3-1-2-4-11(9)12/h1-6,8,12H,7H2,(H,18,19)(H,20,21). The molecule has 2 N–H and O–H groups in total. The van der Waals surface area contributed by atoms with Gasteiger partial charge in [-0.25, -0.2) is 9.18 Å². The van der Waals surface area contributed by atoms with Crippen LogP contribution in [0.15, 0.2) is 42.5 Å². The molecular formula is C16H12FNO3. The Morgan fingerprint density at radius 1 is 1.19 bits per heavy atom. The maximum Gasteiger partial charge on any atom is 0.335 e. The monoisotopic (exact) mass is 285 g/mol. The minimum Gasteiger partial charge on any atom is -0.478 e. The van der Waals surface area contributed by atoms with Crippen molar-refractivity contribution in [2.24, 2.45) is 0 Å². The van der Waals surface area contributed by atoms with Crippen LogP contribution in [0.25, 0.3) is 0 Å². The molecule has 106 valence electrons. The lowest BCUT2D eigenvalue weighted by Gasteiger charge is -2.28. The Kier molecular flexibility index (Phi) is 3.17. The average Bonchev–Trinajstić information content (AvgIpc) is 2.42. The van der Waals surface area contributed by atoms with Gasteiger partial charge in [0.05, 0.1) is 17.2 Å². The van der Waals surface area contributed by atoms with E-state index in [0.717, 1.165) is 17.2 Å². The molecular weight excluding hydrogens is 273 g/mol. The summed E-state index contributed by atoms with van der Waals surface area (Å²) < 4.78 is 13.8. The third-order valence-electron chi connectivity index (χ3n) is 3.64. The Balaban J connectivity index is 1.76. The maximum absolute atomic E-state index is 13.8. The highest BCUT2D eigenvalue weighted by Crippen LogP contribution is 2.35. The Labute approximate surface area is 120 Å².